The Morgan fingerprint density at radius 3 is 2.62 bits per heavy atom. The van der Waals surface area contributed by atoms with Crippen LogP contribution in [0.5, 0.6) is 0 Å². The molecule has 1 heterocycles. The zero-order chi connectivity index (χ0) is 15.4. The van der Waals surface area contributed by atoms with Gasteiger partial charge in [0.15, 0.2) is 11.8 Å². The maximum absolute atomic E-state index is 10.5. The topological polar surface area (TPSA) is 106 Å². The number of aryl methyl sites for hydroxylation is 2. The van der Waals surface area contributed by atoms with Gasteiger partial charge in [-0.05, 0) is 43.2 Å². The number of nitrogens with two attached hydrogens (primary N) is 1. The summed E-state index contributed by atoms with van der Waals surface area (Å²) in [6.07, 6.45) is 1.14. The molecule has 0 amide bonds. The smallest absolute Gasteiger partial charge is 0.287 e. The molecule has 0 bridgehead atoms. The van der Waals surface area contributed by atoms with Crippen LogP contribution < -0.4 is 11.1 Å². The van der Waals surface area contributed by atoms with E-state index in [-0.39, 0.29) is 11.6 Å². The van der Waals surface area contributed by atoms with Gasteiger partial charge in [0.1, 0.15) is 6.20 Å². The fourth-order valence-electron chi connectivity index (χ4n) is 1.67. The van der Waals surface area contributed by atoms with Crippen molar-refractivity contribution in [3.05, 3.63) is 57.8 Å². The standard InChI is InChI=1S/C14H15N5O2/c1-9-3-4-11(7-10(9)2)17-14(15)18-13-6-5-12(8-16-13)19(20)21/h3-8H,1-2H3,(H3,15,16,17,18). The number of nitrogens with one attached hydrogen (secondary N) is 1. The maximum Gasteiger partial charge on any atom is 0.287 e. The number of benzene rings is 1. The van der Waals surface area contributed by atoms with E-state index >= 15 is 0 Å². The van der Waals surface area contributed by atoms with E-state index in [2.05, 4.69) is 15.3 Å². The lowest BCUT2D eigenvalue weighted by Gasteiger charge is -2.07. The van der Waals surface area contributed by atoms with Gasteiger partial charge >= 0.3 is 0 Å². The van der Waals surface area contributed by atoms with Crippen LogP contribution >= 0.6 is 0 Å². The number of guanidine groups is 1. The molecule has 0 atom stereocenters. The highest BCUT2D eigenvalue weighted by Crippen LogP contribution is 2.16. The Morgan fingerprint density at radius 1 is 1.29 bits per heavy atom. The van der Waals surface area contributed by atoms with Crippen molar-refractivity contribution in [3.8, 4) is 0 Å². The van der Waals surface area contributed by atoms with Gasteiger partial charge in [-0.1, -0.05) is 6.07 Å². The van der Waals surface area contributed by atoms with E-state index in [9.17, 15) is 10.1 Å². The predicted molar refractivity (Wildman–Crippen MR) is 81.7 cm³/mol. The molecule has 0 saturated carbocycles. The van der Waals surface area contributed by atoms with E-state index in [1.807, 2.05) is 32.0 Å². The number of nitrogens with zero attached hydrogens (tertiary/aromatic N) is 3. The number of nitro groups is 1. The average Bonchev–Trinajstić information content (AvgIpc) is 2.43. The van der Waals surface area contributed by atoms with Crippen molar-refractivity contribution < 1.29 is 4.92 Å². The van der Waals surface area contributed by atoms with E-state index in [1.54, 1.807) is 0 Å². The minimum atomic E-state index is -0.517. The molecule has 0 aliphatic rings. The zero-order valence-corrected chi connectivity index (χ0v) is 11.7. The second-order valence-corrected chi connectivity index (χ2v) is 4.55. The molecule has 0 unspecified atom stereocenters. The first-order valence-electron chi connectivity index (χ1n) is 6.24. The molecule has 0 spiro atoms. The fraction of sp³-hybridized carbons (Fsp3) is 0.143. The number of anilines is 1. The molecule has 0 saturated heterocycles. The SMILES string of the molecule is Cc1ccc(NC(N)=Nc2ccc([N+](=O)[O-])cn2)cc1C. The molecule has 0 fully saturated rings. The Morgan fingerprint density at radius 2 is 2.05 bits per heavy atom. The summed E-state index contributed by atoms with van der Waals surface area (Å²) in [6, 6.07) is 8.60. The summed E-state index contributed by atoms with van der Waals surface area (Å²) in [5.41, 5.74) is 8.85. The highest BCUT2D eigenvalue weighted by atomic mass is 16.6. The van der Waals surface area contributed by atoms with E-state index in [4.69, 9.17) is 5.73 Å². The minimum Gasteiger partial charge on any atom is -0.369 e. The molecule has 2 rings (SSSR count). The number of rotatable bonds is 3. The summed E-state index contributed by atoms with van der Waals surface area (Å²) < 4.78 is 0. The van der Waals surface area contributed by atoms with E-state index in [1.165, 1.54) is 17.7 Å². The van der Waals surface area contributed by atoms with Crippen molar-refractivity contribution in [3.63, 3.8) is 0 Å². The lowest BCUT2D eigenvalue weighted by Crippen LogP contribution is -2.22. The fourth-order valence-corrected chi connectivity index (χ4v) is 1.67. The lowest BCUT2D eigenvalue weighted by molar-refractivity contribution is -0.385. The second-order valence-electron chi connectivity index (χ2n) is 4.55. The Hall–Kier alpha value is -2.96. The minimum absolute atomic E-state index is 0.0883. The van der Waals surface area contributed by atoms with Crippen LogP contribution in [-0.4, -0.2) is 15.9 Å². The molecule has 7 heteroatoms. The highest BCUT2D eigenvalue weighted by molar-refractivity contribution is 5.93. The molecule has 108 valence electrons. The van der Waals surface area contributed by atoms with Gasteiger partial charge in [-0.2, -0.15) is 4.99 Å². The molecule has 3 N–H and O–H groups in total. The third-order valence-corrected chi connectivity index (χ3v) is 2.96. The third-order valence-electron chi connectivity index (χ3n) is 2.96. The van der Waals surface area contributed by atoms with Crippen LogP contribution in [0.3, 0.4) is 0 Å². The van der Waals surface area contributed by atoms with Crippen molar-refractivity contribution >= 4 is 23.2 Å². The highest BCUT2D eigenvalue weighted by Gasteiger charge is 2.05. The molecular weight excluding hydrogens is 270 g/mol. The molecule has 21 heavy (non-hydrogen) atoms. The number of hydrogen-bond acceptors (Lipinski definition) is 4. The molecule has 1 aromatic carbocycles. The molecule has 0 aliphatic heterocycles. The summed E-state index contributed by atoms with van der Waals surface area (Å²) in [5.74, 6) is 0.467. The molecule has 7 nitrogen and oxygen atoms in total. The molecule has 0 radical (unpaired) electrons. The van der Waals surface area contributed by atoms with Gasteiger partial charge in [0, 0.05) is 11.8 Å². The van der Waals surface area contributed by atoms with Crippen molar-refractivity contribution in [2.24, 2.45) is 10.7 Å². The van der Waals surface area contributed by atoms with Crippen molar-refractivity contribution in [2.45, 2.75) is 13.8 Å². The van der Waals surface area contributed by atoms with Crippen molar-refractivity contribution in [2.75, 3.05) is 5.32 Å². The van der Waals surface area contributed by atoms with Crippen LogP contribution in [0.4, 0.5) is 17.2 Å². The maximum atomic E-state index is 10.5. The van der Waals surface area contributed by atoms with Crippen molar-refractivity contribution in [1.29, 1.82) is 0 Å². The van der Waals surface area contributed by atoms with Gasteiger partial charge in [-0.3, -0.25) is 10.1 Å². The summed E-state index contributed by atoms with van der Waals surface area (Å²) in [5, 5.41) is 13.5. The normalized spacial score (nSPS) is 11.2. The summed E-state index contributed by atoms with van der Waals surface area (Å²) >= 11 is 0. The van der Waals surface area contributed by atoms with Gasteiger partial charge in [0.2, 0.25) is 0 Å². The summed E-state index contributed by atoms with van der Waals surface area (Å²) in [6.45, 7) is 4.03. The number of aliphatic imine (C=N–C) groups is 1. The van der Waals surface area contributed by atoms with Gasteiger partial charge in [-0.25, -0.2) is 4.98 Å². The number of aromatic nitrogens is 1. The Kier molecular flexibility index (Phi) is 4.13. The van der Waals surface area contributed by atoms with Crippen LogP contribution in [-0.2, 0) is 0 Å². The molecular formula is C14H15N5O2. The van der Waals surface area contributed by atoms with Crippen LogP contribution in [0.2, 0.25) is 0 Å². The largest absolute Gasteiger partial charge is 0.369 e. The predicted octanol–water partition coefficient (Wildman–Crippen LogP) is 2.66. The van der Waals surface area contributed by atoms with Crippen LogP contribution in [0.15, 0.2) is 41.5 Å². The lowest BCUT2D eigenvalue weighted by atomic mass is 10.1. The Balaban J connectivity index is 2.13. The summed E-state index contributed by atoms with van der Waals surface area (Å²) in [7, 11) is 0. The third kappa shape index (κ3) is 3.75. The van der Waals surface area contributed by atoms with Gasteiger partial charge in [-0.15, -0.1) is 0 Å². The van der Waals surface area contributed by atoms with Crippen LogP contribution in [0.1, 0.15) is 11.1 Å². The first-order chi connectivity index (χ1) is 9.95. The monoisotopic (exact) mass is 285 g/mol. The van der Waals surface area contributed by atoms with Gasteiger partial charge < -0.3 is 11.1 Å². The van der Waals surface area contributed by atoms with E-state index in [0.717, 1.165) is 17.4 Å². The molecule has 0 aliphatic carbocycles. The zero-order valence-electron chi connectivity index (χ0n) is 11.7. The number of pyridine rings is 1. The quantitative estimate of drug-likeness (QED) is 0.390. The second kappa shape index (κ2) is 6.00. The van der Waals surface area contributed by atoms with Crippen LogP contribution in [0, 0.1) is 24.0 Å². The first-order valence-corrected chi connectivity index (χ1v) is 6.24. The van der Waals surface area contributed by atoms with Gasteiger partial charge in [0.25, 0.3) is 5.69 Å². The van der Waals surface area contributed by atoms with Crippen molar-refractivity contribution in [1.82, 2.24) is 4.98 Å². The van der Waals surface area contributed by atoms with E-state index < -0.39 is 4.92 Å². The van der Waals surface area contributed by atoms with Gasteiger partial charge in [0.05, 0.1) is 4.92 Å². The van der Waals surface area contributed by atoms with E-state index in [0.29, 0.717) is 5.82 Å². The molecule has 2 aromatic rings. The van der Waals surface area contributed by atoms with Crippen LogP contribution in [0.25, 0.3) is 0 Å². The first kappa shape index (κ1) is 14.4. The molecule has 1 aromatic heterocycles. The summed E-state index contributed by atoms with van der Waals surface area (Å²) in [4.78, 5) is 17.9. The number of hydrogen-bond donors (Lipinski definition) is 2. The Labute approximate surface area is 121 Å². The Bertz CT molecular complexity index is 695. The average molecular weight is 285 g/mol.